The summed E-state index contributed by atoms with van der Waals surface area (Å²) in [7, 11) is 1.96. The number of fused-ring (bicyclic) bond motifs is 1. The van der Waals surface area contributed by atoms with Crippen molar-refractivity contribution < 1.29 is 0 Å². The first-order valence-corrected chi connectivity index (χ1v) is 8.08. The van der Waals surface area contributed by atoms with Crippen molar-refractivity contribution in [1.82, 2.24) is 4.98 Å². The largest absolute Gasteiger partial charge is 0.353 e. The Morgan fingerprint density at radius 2 is 2.14 bits per heavy atom. The number of nitrogens with zero attached hydrogens (tertiary/aromatic N) is 3. The van der Waals surface area contributed by atoms with Crippen molar-refractivity contribution in [2.24, 2.45) is 0 Å². The molecule has 0 aliphatic carbocycles. The summed E-state index contributed by atoms with van der Waals surface area (Å²) < 4.78 is 1.09. The molecule has 104 valence electrons. The highest BCUT2D eigenvalue weighted by Gasteiger charge is 2.12. The van der Waals surface area contributed by atoms with Crippen LogP contribution in [0.5, 0.6) is 0 Å². The number of halogens is 1. The SMILES string of the molecule is CN(Cc1cc(Br)cs1)c1nc2ccccc2cc1C#N. The third-order valence-electron chi connectivity index (χ3n) is 3.20. The van der Waals surface area contributed by atoms with Gasteiger partial charge in [0.25, 0.3) is 0 Å². The van der Waals surface area contributed by atoms with Gasteiger partial charge < -0.3 is 4.90 Å². The molecule has 3 rings (SSSR count). The van der Waals surface area contributed by atoms with Gasteiger partial charge in [-0.15, -0.1) is 11.3 Å². The van der Waals surface area contributed by atoms with E-state index in [-0.39, 0.29) is 0 Å². The van der Waals surface area contributed by atoms with E-state index in [1.807, 2.05) is 42.3 Å². The molecule has 0 unspecified atom stereocenters. The van der Waals surface area contributed by atoms with Gasteiger partial charge in [-0.25, -0.2) is 4.98 Å². The number of pyridine rings is 1. The number of para-hydroxylation sites is 1. The van der Waals surface area contributed by atoms with Gasteiger partial charge in [-0.3, -0.25) is 0 Å². The Morgan fingerprint density at radius 3 is 2.86 bits per heavy atom. The summed E-state index contributed by atoms with van der Waals surface area (Å²) in [6, 6.07) is 14.1. The zero-order chi connectivity index (χ0) is 14.8. The third-order valence-corrected chi connectivity index (χ3v) is 4.88. The summed E-state index contributed by atoms with van der Waals surface area (Å²) in [4.78, 5) is 7.89. The van der Waals surface area contributed by atoms with Gasteiger partial charge in [0.15, 0.2) is 0 Å². The molecule has 21 heavy (non-hydrogen) atoms. The highest BCUT2D eigenvalue weighted by atomic mass is 79.9. The molecule has 0 N–H and O–H groups in total. The molecule has 0 aliphatic heterocycles. The molecule has 0 amide bonds. The molecule has 5 heteroatoms. The number of rotatable bonds is 3. The Balaban J connectivity index is 2.00. The highest BCUT2D eigenvalue weighted by Crippen LogP contribution is 2.26. The Labute approximate surface area is 135 Å². The van der Waals surface area contributed by atoms with Gasteiger partial charge >= 0.3 is 0 Å². The van der Waals surface area contributed by atoms with Crippen LogP contribution >= 0.6 is 27.3 Å². The molecule has 0 bridgehead atoms. The predicted octanol–water partition coefficient (Wildman–Crippen LogP) is 4.57. The van der Waals surface area contributed by atoms with Crippen LogP contribution < -0.4 is 4.90 Å². The Morgan fingerprint density at radius 1 is 1.33 bits per heavy atom. The van der Waals surface area contributed by atoms with E-state index in [0.29, 0.717) is 5.56 Å². The molecule has 0 saturated heterocycles. The van der Waals surface area contributed by atoms with Gasteiger partial charge in [-0.2, -0.15) is 5.26 Å². The Kier molecular flexibility index (Phi) is 3.91. The van der Waals surface area contributed by atoms with Gasteiger partial charge in [0.05, 0.1) is 17.6 Å². The number of hydrogen-bond donors (Lipinski definition) is 0. The maximum absolute atomic E-state index is 9.38. The van der Waals surface area contributed by atoms with Gasteiger partial charge in [0.2, 0.25) is 0 Å². The molecule has 1 aromatic carbocycles. The van der Waals surface area contributed by atoms with Crippen LogP contribution in [0.1, 0.15) is 10.4 Å². The first kappa shape index (κ1) is 14.1. The van der Waals surface area contributed by atoms with Crippen molar-refractivity contribution in [3.05, 3.63) is 56.7 Å². The number of anilines is 1. The highest BCUT2D eigenvalue weighted by molar-refractivity contribution is 9.10. The monoisotopic (exact) mass is 357 g/mol. The summed E-state index contributed by atoms with van der Waals surface area (Å²) in [6.07, 6.45) is 0. The molecule has 2 heterocycles. The lowest BCUT2D eigenvalue weighted by Crippen LogP contribution is -2.18. The molecule has 2 aromatic heterocycles. The quantitative estimate of drug-likeness (QED) is 0.689. The lowest BCUT2D eigenvalue weighted by molar-refractivity contribution is 0.914. The minimum absolute atomic E-state index is 0.604. The summed E-state index contributed by atoms with van der Waals surface area (Å²) in [5, 5.41) is 12.4. The summed E-state index contributed by atoms with van der Waals surface area (Å²) in [5.74, 6) is 0.723. The Bertz CT molecular complexity index is 835. The van der Waals surface area contributed by atoms with Crippen molar-refractivity contribution in [3.8, 4) is 6.07 Å². The summed E-state index contributed by atoms with van der Waals surface area (Å²) >= 11 is 5.15. The van der Waals surface area contributed by atoms with Crippen LogP contribution in [0.25, 0.3) is 10.9 Å². The average molecular weight is 358 g/mol. The van der Waals surface area contributed by atoms with Crippen molar-refractivity contribution in [3.63, 3.8) is 0 Å². The summed E-state index contributed by atoms with van der Waals surface area (Å²) in [6.45, 7) is 0.732. The number of aromatic nitrogens is 1. The minimum Gasteiger partial charge on any atom is -0.353 e. The molecule has 0 fully saturated rings. The van der Waals surface area contributed by atoms with E-state index in [2.05, 4.69) is 38.4 Å². The fraction of sp³-hybridized carbons (Fsp3) is 0.125. The normalized spacial score (nSPS) is 10.5. The second kappa shape index (κ2) is 5.84. The molecular formula is C16H12BrN3S. The first-order valence-electron chi connectivity index (χ1n) is 6.41. The van der Waals surface area contributed by atoms with Crippen LogP contribution in [0, 0.1) is 11.3 Å². The van der Waals surface area contributed by atoms with E-state index in [1.54, 1.807) is 11.3 Å². The van der Waals surface area contributed by atoms with Crippen LogP contribution in [-0.2, 0) is 6.54 Å². The van der Waals surface area contributed by atoms with E-state index in [1.165, 1.54) is 4.88 Å². The van der Waals surface area contributed by atoms with Gasteiger partial charge in [-0.05, 0) is 34.1 Å². The molecule has 0 atom stereocenters. The van der Waals surface area contributed by atoms with E-state index in [4.69, 9.17) is 0 Å². The Hall–Kier alpha value is -1.90. The van der Waals surface area contributed by atoms with Crippen molar-refractivity contribution in [2.75, 3.05) is 11.9 Å². The van der Waals surface area contributed by atoms with Gasteiger partial charge in [0, 0.05) is 27.2 Å². The molecule has 0 aliphatic rings. The average Bonchev–Trinajstić information content (AvgIpc) is 2.90. The molecule has 3 aromatic rings. The van der Waals surface area contributed by atoms with Crippen molar-refractivity contribution >= 4 is 44.0 Å². The number of nitriles is 1. The third kappa shape index (κ3) is 2.92. The lowest BCUT2D eigenvalue weighted by atomic mass is 10.1. The summed E-state index contributed by atoms with van der Waals surface area (Å²) in [5.41, 5.74) is 1.51. The number of thiophene rings is 1. The zero-order valence-electron chi connectivity index (χ0n) is 11.4. The second-order valence-electron chi connectivity index (χ2n) is 4.75. The van der Waals surface area contributed by atoms with E-state index in [9.17, 15) is 5.26 Å². The maximum Gasteiger partial charge on any atom is 0.147 e. The smallest absolute Gasteiger partial charge is 0.147 e. The lowest BCUT2D eigenvalue weighted by Gasteiger charge is -2.19. The van der Waals surface area contributed by atoms with Crippen LogP contribution in [0.15, 0.2) is 46.3 Å². The fourth-order valence-corrected chi connectivity index (χ4v) is 3.73. The van der Waals surface area contributed by atoms with Crippen LogP contribution in [0.2, 0.25) is 0 Å². The standard InChI is InChI=1S/C16H12BrN3S/c1-20(9-14-7-13(17)10-21-14)16-12(8-18)6-11-4-2-3-5-15(11)19-16/h2-7,10H,9H2,1H3. The van der Waals surface area contributed by atoms with Gasteiger partial charge in [0.1, 0.15) is 11.9 Å². The van der Waals surface area contributed by atoms with Crippen LogP contribution in [0.3, 0.4) is 0 Å². The van der Waals surface area contributed by atoms with Crippen molar-refractivity contribution in [2.45, 2.75) is 6.54 Å². The molecular weight excluding hydrogens is 346 g/mol. The van der Waals surface area contributed by atoms with E-state index in [0.717, 1.165) is 27.7 Å². The first-order chi connectivity index (χ1) is 10.2. The van der Waals surface area contributed by atoms with Crippen LogP contribution in [-0.4, -0.2) is 12.0 Å². The van der Waals surface area contributed by atoms with E-state index < -0.39 is 0 Å². The van der Waals surface area contributed by atoms with E-state index >= 15 is 0 Å². The fourth-order valence-electron chi connectivity index (χ4n) is 2.22. The molecule has 0 saturated carbocycles. The second-order valence-corrected chi connectivity index (χ2v) is 6.66. The number of benzene rings is 1. The molecule has 3 nitrogen and oxygen atoms in total. The molecule has 0 radical (unpaired) electrons. The predicted molar refractivity (Wildman–Crippen MR) is 90.6 cm³/mol. The minimum atomic E-state index is 0.604. The van der Waals surface area contributed by atoms with Crippen LogP contribution in [0.4, 0.5) is 5.82 Å². The number of hydrogen-bond acceptors (Lipinski definition) is 4. The topological polar surface area (TPSA) is 39.9 Å². The maximum atomic E-state index is 9.38. The molecule has 0 spiro atoms. The zero-order valence-corrected chi connectivity index (χ0v) is 13.8. The van der Waals surface area contributed by atoms with Crippen molar-refractivity contribution in [1.29, 1.82) is 5.26 Å². The van der Waals surface area contributed by atoms with Gasteiger partial charge in [-0.1, -0.05) is 18.2 Å².